The minimum Gasteiger partial charge on any atom is -0.541 e. The summed E-state index contributed by atoms with van der Waals surface area (Å²) in [6.07, 6.45) is -4.51. The fourth-order valence-corrected chi connectivity index (χ4v) is 0.906. The topological polar surface area (TPSA) is 58.6 Å². The van der Waals surface area contributed by atoms with Gasteiger partial charge in [0.1, 0.15) is 5.82 Å². The number of methoxy groups -OCH3 is 1. The highest BCUT2D eigenvalue weighted by Crippen LogP contribution is 2.31. The van der Waals surface area contributed by atoms with Crippen LogP contribution in [0.5, 0.6) is 11.5 Å². The number of benzene rings is 1. The van der Waals surface area contributed by atoms with Gasteiger partial charge >= 0.3 is 6.11 Å². The number of hydrogen-bond donors (Lipinski definition) is 0. The van der Waals surface area contributed by atoms with E-state index in [0.29, 0.717) is 0 Å². The smallest absolute Gasteiger partial charge is 0.441 e. The molecule has 0 atom stereocenters. The van der Waals surface area contributed by atoms with Crippen molar-refractivity contribution in [1.82, 2.24) is 0 Å². The van der Waals surface area contributed by atoms with Crippen LogP contribution < -0.4 is 14.6 Å². The number of aliphatic carboxylic acids is 1. The lowest BCUT2D eigenvalue weighted by molar-refractivity contribution is -0.350. The molecule has 0 N–H and O–H groups in total. The first-order valence-corrected chi connectivity index (χ1v) is 3.98. The third-order valence-electron chi connectivity index (χ3n) is 1.60. The Bertz CT molecular complexity index is 406. The van der Waals surface area contributed by atoms with E-state index in [-0.39, 0.29) is 5.75 Å². The molecule has 0 fully saturated rings. The van der Waals surface area contributed by atoms with Crippen LogP contribution in [0, 0.1) is 5.82 Å². The van der Waals surface area contributed by atoms with E-state index in [0.717, 1.165) is 25.3 Å². The zero-order valence-electron chi connectivity index (χ0n) is 8.00. The van der Waals surface area contributed by atoms with Gasteiger partial charge in [0.2, 0.25) is 0 Å². The number of carboxylic acid groups (broad SMARTS) is 1. The molecular weight excluding hydrogens is 229 g/mol. The third kappa shape index (κ3) is 2.56. The first-order valence-electron chi connectivity index (χ1n) is 3.98. The van der Waals surface area contributed by atoms with Gasteiger partial charge in [-0.05, 0) is 12.1 Å². The van der Waals surface area contributed by atoms with Gasteiger partial charge in [-0.1, -0.05) is 0 Å². The lowest BCUT2D eigenvalue weighted by Gasteiger charge is -2.19. The van der Waals surface area contributed by atoms with Crippen LogP contribution in [0.2, 0.25) is 0 Å². The third-order valence-corrected chi connectivity index (χ3v) is 1.60. The fourth-order valence-electron chi connectivity index (χ4n) is 0.906. The van der Waals surface area contributed by atoms with Gasteiger partial charge in [0.05, 0.1) is 7.11 Å². The molecule has 0 spiro atoms. The Morgan fingerprint density at radius 2 is 2.00 bits per heavy atom. The predicted molar refractivity (Wildman–Crippen MR) is 43.5 cm³/mol. The molecule has 0 bridgehead atoms. The van der Waals surface area contributed by atoms with Gasteiger partial charge in [-0.2, -0.15) is 8.78 Å². The number of carboxylic acids is 1. The summed E-state index contributed by atoms with van der Waals surface area (Å²) >= 11 is 0. The molecule has 0 saturated carbocycles. The molecule has 0 aliphatic heterocycles. The SMILES string of the molecule is COc1cc(F)ccc1OC(F)(F)C(=O)[O-]. The van der Waals surface area contributed by atoms with E-state index < -0.39 is 23.6 Å². The number of rotatable bonds is 4. The van der Waals surface area contributed by atoms with Crippen molar-refractivity contribution in [2.45, 2.75) is 6.11 Å². The number of ether oxygens (including phenoxy) is 2. The van der Waals surface area contributed by atoms with Gasteiger partial charge in [0.25, 0.3) is 0 Å². The fraction of sp³-hybridized carbons (Fsp3) is 0.222. The summed E-state index contributed by atoms with van der Waals surface area (Å²) in [4.78, 5) is 9.99. The predicted octanol–water partition coefficient (Wildman–Crippen LogP) is 0.556. The van der Waals surface area contributed by atoms with Crippen LogP contribution in [0.15, 0.2) is 18.2 Å². The Kier molecular flexibility index (Phi) is 3.26. The van der Waals surface area contributed by atoms with Crippen molar-refractivity contribution in [1.29, 1.82) is 0 Å². The Labute approximate surface area is 88.2 Å². The summed E-state index contributed by atoms with van der Waals surface area (Å²) in [6.45, 7) is 0. The van der Waals surface area contributed by atoms with Crippen molar-refractivity contribution in [3.8, 4) is 11.5 Å². The first-order chi connectivity index (χ1) is 7.36. The minimum atomic E-state index is -4.51. The zero-order chi connectivity index (χ0) is 12.3. The van der Waals surface area contributed by atoms with Gasteiger partial charge in [-0.25, -0.2) is 4.39 Å². The molecule has 0 aliphatic carbocycles. The largest absolute Gasteiger partial charge is 0.541 e. The van der Waals surface area contributed by atoms with E-state index in [1.54, 1.807) is 0 Å². The molecule has 0 saturated heterocycles. The van der Waals surface area contributed by atoms with Crippen molar-refractivity contribution in [3.63, 3.8) is 0 Å². The Hall–Kier alpha value is -1.92. The molecule has 0 aromatic heterocycles. The molecular formula is C9H6F3O4-. The second-order valence-electron chi connectivity index (χ2n) is 2.70. The molecule has 88 valence electrons. The van der Waals surface area contributed by atoms with E-state index in [9.17, 15) is 23.1 Å². The quantitative estimate of drug-likeness (QED) is 0.764. The van der Waals surface area contributed by atoms with Crippen molar-refractivity contribution in [3.05, 3.63) is 24.0 Å². The standard InChI is InChI=1S/C9H7F3O4/c1-15-7-4-5(10)2-3-6(7)16-9(11,12)8(13)14/h2-4H,1H3,(H,13,14)/p-1. The highest BCUT2D eigenvalue weighted by Gasteiger charge is 2.35. The molecule has 16 heavy (non-hydrogen) atoms. The molecule has 7 heteroatoms. The summed E-state index contributed by atoms with van der Waals surface area (Å²) in [5.41, 5.74) is 0. The highest BCUT2D eigenvalue weighted by molar-refractivity contribution is 5.71. The molecule has 0 unspecified atom stereocenters. The van der Waals surface area contributed by atoms with Gasteiger partial charge in [-0.3, -0.25) is 0 Å². The van der Waals surface area contributed by atoms with E-state index in [2.05, 4.69) is 9.47 Å². The van der Waals surface area contributed by atoms with Crippen LogP contribution in [-0.2, 0) is 4.79 Å². The summed E-state index contributed by atoms with van der Waals surface area (Å²) in [6, 6.07) is 2.43. The summed E-state index contributed by atoms with van der Waals surface area (Å²) in [5.74, 6) is -4.38. The number of alkyl halides is 2. The maximum absolute atomic E-state index is 12.7. The summed E-state index contributed by atoms with van der Waals surface area (Å²) < 4.78 is 46.3. The van der Waals surface area contributed by atoms with Gasteiger partial charge in [-0.15, -0.1) is 0 Å². The van der Waals surface area contributed by atoms with E-state index in [4.69, 9.17) is 0 Å². The molecule has 1 aromatic carbocycles. The summed E-state index contributed by atoms with van der Waals surface area (Å²) in [7, 11) is 1.10. The van der Waals surface area contributed by atoms with Gasteiger partial charge < -0.3 is 19.4 Å². The molecule has 0 heterocycles. The Balaban J connectivity index is 3.01. The van der Waals surface area contributed by atoms with Crippen molar-refractivity contribution < 1.29 is 32.5 Å². The number of hydrogen-bond acceptors (Lipinski definition) is 4. The average molecular weight is 235 g/mol. The summed E-state index contributed by atoms with van der Waals surface area (Å²) in [5, 5.41) is 9.99. The molecule has 0 radical (unpaired) electrons. The maximum atomic E-state index is 12.7. The van der Waals surface area contributed by atoms with Crippen LogP contribution >= 0.6 is 0 Å². The number of carbonyl (C=O) groups is 1. The van der Waals surface area contributed by atoms with Crippen LogP contribution in [0.4, 0.5) is 13.2 Å². The Morgan fingerprint density at radius 3 is 2.50 bits per heavy atom. The molecule has 1 aromatic rings. The molecule has 4 nitrogen and oxygen atoms in total. The highest BCUT2D eigenvalue weighted by atomic mass is 19.3. The average Bonchev–Trinajstić information content (AvgIpc) is 2.20. The molecule has 0 amide bonds. The van der Waals surface area contributed by atoms with Gasteiger partial charge in [0, 0.05) is 6.07 Å². The first kappa shape index (κ1) is 12.2. The molecule has 1 rings (SSSR count). The van der Waals surface area contributed by atoms with Crippen molar-refractivity contribution in [2.75, 3.05) is 7.11 Å². The van der Waals surface area contributed by atoms with E-state index in [1.807, 2.05) is 0 Å². The van der Waals surface area contributed by atoms with E-state index in [1.165, 1.54) is 0 Å². The van der Waals surface area contributed by atoms with Crippen LogP contribution in [0.1, 0.15) is 0 Å². The maximum Gasteiger partial charge on any atom is 0.441 e. The van der Waals surface area contributed by atoms with Gasteiger partial charge in [0.15, 0.2) is 17.5 Å². The van der Waals surface area contributed by atoms with E-state index >= 15 is 0 Å². The number of halogens is 3. The lowest BCUT2D eigenvalue weighted by atomic mass is 10.3. The number of carbonyl (C=O) groups excluding carboxylic acids is 1. The second kappa shape index (κ2) is 4.30. The Morgan fingerprint density at radius 1 is 1.38 bits per heavy atom. The molecule has 0 aliphatic rings. The van der Waals surface area contributed by atoms with Crippen LogP contribution in [0.25, 0.3) is 0 Å². The lowest BCUT2D eigenvalue weighted by Crippen LogP contribution is -2.45. The zero-order valence-corrected chi connectivity index (χ0v) is 8.00. The van der Waals surface area contributed by atoms with Crippen LogP contribution in [-0.4, -0.2) is 19.2 Å². The normalized spacial score (nSPS) is 11.0. The van der Waals surface area contributed by atoms with Crippen molar-refractivity contribution >= 4 is 5.97 Å². The minimum absolute atomic E-state index is 0.346. The second-order valence-corrected chi connectivity index (χ2v) is 2.70. The van der Waals surface area contributed by atoms with Crippen LogP contribution in [0.3, 0.4) is 0 Å². The van der Waals surface area contributed by atoms with Crippen molar-refractivity contribution in [2.24, 2.45) is 0 Å². The monoisotopic (exact) mass is 235 g/mol.